The van der Waals surface area contributed by atoms with E-state index in [0.717, 1.165) is 36.8 Å². The van der Waals surface area contributed by atoms with Crippen molar-refractivity contribution >= 4 is 50.9 Å². The van der Waals surface area contributed by atoms with Gasteiger partial charge in [0.05, 0.1) is 30.4 Å². The Balaban J connectivity index is 1.48. The summed E-state index contributed by atoms with van der Waals surface area (Å²) in [5, 5.41) is 8.73. The van der Waals surface area contributed by atoms with Crippen molar-refractivity contribution in [3.05, 3.63) is 51.7 Å². The Labute approximate surface area is 268 Å². The molecule has 0 radical (unpaired) electrons. The van der Waals surface area contributed by atoms with Crippen molar-refractivity contribution in [1.29, 1.82) is 0 Å². The molecule has 4 rings (SSSR count). The van der Waals surface area contributed by atoms with E-state index in [4.69, 9.17) is 16.3 Å². The summed E-state index contributed by atoms with van der Waals surface area (Å²) in [7, 11) is -3.29. The molecule has 3 amide bonds. The summed E-state index contributed by atoms with van der Waals surface area (Å²) in [6.45, 7) is 0.934. The van der Waals surface area contributed by atoms with E-state index in [1.54, 1.807) is 29.2 Å². The SMILES string of the molecule is CS(=O)(=O)NCCCC[C@@H](NC1CCCCC1)C(=O)N1CCN(C(=O)Oc2ccccc2Cl)C[C@H]1C(=O)NCc1cccs1. The molecule has 2 fully saturated rings. The number of carbonyl (C=O) groups is 3. The smallest absolute Gasteiger partial charge is 0.409 e. The molecule has 2 aliphatic rings. The summed E-state index contributed by atoms with van der Waals surface area (Å²) in [5.74, 6) is -0.323. The number of carbonyl (C=O) groups excluding carboxylic acids is 3. The molecule has 1 aromatic heterocycles. The molecule has 11 nitrogen and oxygen atoms in total. The van der Waals surface area contributed by atoms with Gasteiger partial charge in [0.25, 0.3) is 0 Å². The van der Waals surface area contributed by atoms with Crippen molar-refractivity contribution in [1.82, 2.24) is 25.2 Å². The summed E-state index contributed by atoms with van der Waals surface area (Å²) in [6.07, 6.45) is 7.50. The number of hydrogen-bond acceptors (Lipinski definition) is 8. The van der Waals surface area contributed by atoms with Crippen LogP contribution in [-0.4, -0.2) is 86.7 Å². The van der Waals surface area contributed by atoms with Gasteiger partial charge in [-0.1, -0.05) is 55.5 Å². The van der Waals surface area contributed by atoms with E-state index in [-0.39, 0.29) is 43.2 Å². The van der Waals surface area contributed by atoms with Gasteiger partial charge in [-0.05, 0) is 49.3 Å². The van der Waals surface area contributed by atoms with Gasteiger partial charge in [-0.2, -0.15) is 0 Å². The molecule has 1 aliphatic carbocycles. The number of para-hydroxylation sites is 1. The van der Waals surface area contributed by atoms with E-state index in [1.165, 1.54) is 22.7 Å². The maximum atomic E-state index is 14.2. The fourth-order valence-corrected chi connectivity index (χ4v) is 6.93. The molecule has 1 aromatic carbocycles. The fraction of sp³-hybridized carbons (Fsp3) is 0.567. The lowest BCUT2D eigenvalue weighted by Gasteiger charge is -2.42. The summed E-state index contributed by atoms with van der Waals surface area (Å²) < 4.78 is 31.0. The van der Waals surface area contributed by atoms with Crippen LogP contribution in [0.1, 0.15) is 56.2 Å². The first-order chi connectivity index (χ1) is 21.1. The van der Waals surface area contributed by atoms with Crippen molar-refractivity contribution in [3.8, 4) is 5.75 Å². The molecular weight excluding hydrogens is 626 g/mol. The molecule has 44 heavy (non-hydrogen) atoms. The molecule has 2 aromatic rings. The molecule has 0 unspecified atom stereocenters. The van der Waals surface area contributed by atoms with Gasteiger partial charge in [-0.15, -0.1) is 11.3 Å². The lowest BCUT2D eigenvalue weighted by molar-refractivity contribution is -0.145. The predicted molar refractivity (Wildman–Crippen MR) is 171 cm³/mol. The van der Waals surface area contributed by atoms with Crippen molar-refractivity contribution in [3.63, 3.8) is 0 Å². The minimum atomic E-state index is -3.29. The number of thiophene rings is 1. The van der Waals surface area contributed by atoms with Crippen LogP contribution in [0.15, 0.2) is 41.8 Å². The van der Waals surface area contributed by atoms with E-state index < -0.39 is 28.2 Å². The number of benzene rings is 1. The molecule has 1 saturated heterocycles. The molecule has 1 aliphatic heterocycles. The predicted octanol–water partition coefficient (Wildman–Crippen LogP) is 3.74. The maximum Gasteiger partial charge on any atom is 0.415 e. The molecule has 3 N–H and O–H groups in total. The van der Waals surface area contributed by atoms with Gasteiger partial charge in [0.15, 0.2) is 5.75 Å². The Bertz CT molecular complexity index is 1350. The Morgan fingerprint density at radius 1 is 1.07 bits per heavy atom. The number of hydrogen-bond donors (Lipinski definition) is 3. The topological polar surface area (TPSA) is 137 Å². The number of nitrogens with zero attached hydrogens (tertiary/aromatic N) is 2. The van der Waals surface area contributed by atoms with E-state index in [2.05, 4.69) is 15.4 Å². The number of sulfonamides is 1. The number of halogens is 1. The van der Waals surface area contributed by atoms with Gasteiger partial charge in [0, 0.05) is 30.6 Å². The third-order valence-corrected chi connectivity index (χ3v) is 9.82. The molecule has 0 bridgehead atoms. The van der Waals surface area contributed by atoms with Gasteiger partial charge in [-0.3, -0.25) is 9.59 Å². The summed E-state index contributed by atoms with van der Waals surface area (Å²) in [5.41, 5.74) is 0. The van der Waals surface area contributed by atoms with Crippen LogP contribution in [0.2, 0.25) is 5.02 Å². The first kappa shape index (κ1) is 34.2. The number of amides is 3. The van der Waals surface area contributed by atoms with Crippen molar-refractivity contribution in [2.75, 3.05) is 32.4 Å². The summed E-state index contributed by atoms with van der Waals surface area (Å²) in [4.78, 5) is 44.9. The normalized spacial score (nSPS) is 18.5. The van der Waals surface area contributed by atoms with Crippen LogP contribution in [0.5, 0.6) is 5.75 Å². The van der Waals surface area contributed by atoms with Gasteiger partial charge in [-0.25, -0.2) is 17.9 Å². The largest absolute Gasteiger partial charge is 0.415 e. The van der Waals surface area contributed by atoms with Crippen LogP contribution in [0.25, 0.3) is 0 Å². The third kappa shape index (κ3) is 10.4. The van der Waals surface area contributed by atoms with Crippen LogP contribution >= 0.6 is 22.9 Å². The quantitative estimate of drug-likeness (QED) is 0.277. The van der Waals surface area contributed by atoms with Crippen LogP contribution in [0.4, 0.5) is 4.79 Å². The number of ether oxygens (including phenoxy) is 1. The zero-order valence-electron chi connectivity index (χ0n) is 25.0. The lowest BCUT2D eigenvalue weighted by Crippen LogP contribution is -2.64. The van der Waals surface area contributed by atoms with Crippen molar-refractivity contribution in [2.45, 2.75) is 76.0 Å². The van der Waals surface area contributed by atoms with E-state index in [9.17, 15) is 22.8 Å². The minimum Gasteiger partial charge on any atom is -0.409 e. The molecule has 1 saturated carbocycles. The third-order valence-electron chi connectivity index (χ3n) is 7.90. The second-order valence-electron chi connectivity index (χ2n) is 11.3. The number of piperazine rings is 1. The summed E-state index contributed by atoms with van der Waals surface area (Å²) in [6, 6.07) is 9.23. The first-order valence-electron chi connectivity index (χ1n) is 15.1. The Kier molecular flexibility index (Phi) is 12.9. The van der Waals surface area contributed by atoms with Crippen LogP contribution in [0, 0.1) is 0 Å². The highest BCUT2D eigenvalue weighted by molar-refractivity contribution is 7.88. The van der Waals surface area contributed by atoms with Gasteiger partial charge < -0.3 is 25.2 Å². The van der Waals surface area contributed by atoms with Crippen molar-refractivity contribution < 1.29 is 27.5 Å². The number of rotatable bonds is 13. The zero-order chi connectivity index (χ0) is 31.5. The number of nitrogens with one attached hydrogen (secondary N) is 3. The summed E-state index contributed by atoms with van der Waals surface area (Å²) >= 11 is 7.71. The lowest BCUT2D eigenvalue weighted by atomic mass is 9.94. The second kappa shape index (κ2) is 16.6. The monoisotopic (exact) mass is 667 g/mol. The Hall–Kier alpha value is -2.71. The van der Waals surface area contributed by atoms with E-state index in [0.29, 0.717) is 37.4 Å². The average molecular weight is 668 g/mol. The maximum absolute atomic E-state index is 14.2. The van der Waals surface area contributed by atoms with Crippen LogP contribution in [-0.2, 0) is 26.2 Å². The minimum absolute atomic E-state index is 0.0280. The standard InChI is InChI=1S/C30H42ClN5O6S2/c1-44(40,41)33-16-8-7-14-25(34-22-10-3-2-4-11-22)29(38)36-18-17-35(30(39)42-27-15-6-5-13-24(27)31)21-26(36)28(37)32-20-23-12-9-19-43-23/h5-6,9,12-13,15,19,22,25-26,33-34H,2-4,7-8,10-11,14,16-18,20-21H2,1H3,(H,32,37)/t25-,26+/m1/s1. The van der Waals surface area contributed by atoms with Crippen LogP contribution < -0.4 is 20.1 Å². The van der Waals surface area contributed by atoms with Gasteiger partial charge >= 0.3 is 6.09 Å². The highest BCUT2D eigenvalue weighted by Gasteiger charge is 2.40. The fourth-order valence-electron chi connectivity index (χ4n) is 5.59. The highest BCUT2D eigenvalue weighted by Crippen LogP contribution is 2.25. The zero-order valence-corrected chi connectivity index (χ0v) is 27.4. The number of unbranched alkanes of at least 4 members (excludes halogenated alkanes) is 1. The Morgan fingerprint density at radius 2 is 1.84 bits per heavy atom. The average Bonchev–Trinajstić information content (AvgIpc) is 3.53. The Morgan fingerprint density at radius 3 is 2.55 bits per heavy atom. The van der Waals surface area contributed by atoms with Gasteiger partial charge in [0.2, 0.25) is 21.8 Å². The molecular formula is C30H42ClN5O6S2. The molecule has 2 atom stereocenters. The highest BCUT2D eigenvalue weighted by atomic mass is 35.5. The van der Waals surface area contributed by atoms with E-state index in [1.807, 2.05) is 17.5 Å². The van der Waals surface area contributed by atoms with Gasteiger partial charge in [0.1, 0.15) is 6.04 Å². The van der Waals surface area contributed by atoms with Crippen LogP contribution in [0.3, 0.4) is 0 Å². The van der Waals surface area contributed by atoms with Crippen molar-refractivity contribution in [2.24, 2.45) is 0 Å². The molecule has 0 spiro atoms. The molecule has 242 valence electrons. The first-order valence-corrected chi connectivity index (χ1v) is 18.3. The van der Waals surface area contributed by atoms with E-state index >= 15 is 0 Å². The molecule has 14 heteroatoms. The molecule has 2 heterocycles. The second-order valence-corrected chi connectivity index (χ2v) is 14.6.